The Kier molecular flexibility index (Phi) is 5.62. The van der Waals surface area contributed by atoms with Gasteiger partial charge < -0.3 is 10.4 Å². The molecule has 0 atom stereocenters. The van der Waals surface area contributed by atoms with E-state index in [1.165, 1.54) is 24.3 Å². The van der Waals surface area contributed by atoms with Gasteiger partial charge in [-0.2, -0.15) is 13.2 Å². The zero-order valence-corrected chi connectivity index (χ0v) is 12.7. The minimum Gasteiger partial charge on any atom is -0.392 e. The van der Waals surface area contributed by atoms with Crippen molar-refractivity contribution in [2.24, 2.45) is 0 Å². The van der Waals surface area contributed by atoms with Crippen LogP contribution < -0.4 is 5.32 Å². The van der Waals surface area contributed by atoms with Gasteiger partial charge in [0.1, 0.15) is 5.82 Å². The van der Waals surface area contributed by atoms with E-state index in [-0.39, 0.29) is 17.1 Å². The van der Waals surface area contributed by atoms with Gasteiger partial charge in [-0.25, -0.2) is 4.39 Å². The van der Waals surface area contributed by atoms with Crippen LogP contribution >= 0.6 is 11.6 Å². The molecule has 23 heavy (non-hydrogen) atoms. The van der Waals surface area contributed by atoms with Gasteiger partial charge >= 0.3 is 6.18 Å². The average molecular weight is 348 g/mol. The summed E-state index contributed by atoms with van der Waals surface area (Å²) < 4.78 is 51.6. The monoisotopic (exact) mass is 347 g/mol. The highest BCUT2D eigenvalue weighted by Gasteiger charge is 2.33. The van der Waals surface area contributed by atoms with Gasteiger partial charge in [0, 0.05) is 18.7 Å². The molecule has 0 aliphatic carbocycles. The van der Waals surface area contributed by atoms with Gasteiger partial charge in [-0.15, -0.1) is 0 Å². The first kappa shape index (κ1) is 17.7. The molecule has 0 amide bonds. The predicted octanol–water partition coefficient (Wildman–Crippen LogP) is 4.28. The molecule has 2 nitrogen and oxygen atoms in total. The smallest absolute Gasteiger partial charge is 0.392 e. The molecule has 0 aromatic heterocycles. The summed E-state index contributed by atoms with van der Waals surface area (Å²) in [7, 11) is 0. The summed E-state index contributed by atoms with van der Waals surface area (Å²) in [6.07, 6.45) is -4.50. The molecular weight excluding hydrogens is 334 g/mol. The van der Waals surface area contributed by atoms with Crippen LogP contribution in [0.3, 0.4) is 0 Å². The normalized spacial score (nSPS) is 11.7. The Labute approximate surface area is 135 Å². The molecule has 0 fully saturated rings. The van der Waals surface area contributed by atoms with E-state index in [2.05, 4.69) is 5.32 Å². The number of hydrogen-bond donors (Lipinski definition) is 2. The number of benzene rings is 2. The van der Waals surface area contributed by atoms with Crippen LogP contribution in [-0.4, -0.2) is 5.11 Å². The summed E-state index contributed by atoms with van der Waals surface area (Å²) in [6, 6.07) is 8.01. The summed E-state index contributed by atoms with van der Waals surface area (Å²) in [5.74, 6) is -0.497. The number of aliphatic hydroxyl groups excluding tert-OH is 1. The van der Waals surface area contributed by atoms with Crippen LogP contribution in [0.15, 0.2) is 36.4 Å². The predicted molar refractivity (Wildman–Crippen MR) is 79.3 cm³/mol. The first-order chi connectivity index (χ1) is 10.8. The number of nitrogens with one attached hydrogen (secondary N) is 1. The molecule has 0 saturated heterocycles. The molecule has 0 bridgehead atoms. The van der Waals surface area contributed by atoms with Crippen molar-refractivity contribution in [3.63, 3.8) is 0 Å². The lowest BCUT2D eigenvalue weighted by Gasteiger charge is -2.12. The number of rotatable bonds is 5. The second-order valence-corrected chi connectivity index (χ2v) is 5.41. The zero-order chi connectivity index (χ0) is 17.0. The second kappa shape index (κ2) is 7.29. The fourth-order valence-electron chi connectivity index (χ4n) is 2.11. The van der Waals surface area contributed by atoms with Gasteiger partial charge in [-0.3, -0.25) is 0 Å². The fourth-order valence-corrected chi connectivity index (χ4v) is 2.33. The van der Waals surface area contributed by atoms with Crippen molar-refractivity contribution in [1.29, 1.82) is 0 Å². The Morgan fingerprint density at radius 2 is 1.61 bits per heavy atom. The molecule has 2 N–H and O–H groups in total. The molecule has 2 aromatic rings. The van der Waals surface area contributed by atoms with Crippen LogP contribution in [0.1, 0.15) is 22.3 Å². The van der Waals surface area contributed by atoms with Crippen molar-refractivity contribution in [1.82, 2.24) is 5.32 Å². The van der Waals surface area contributed by atoms with Crippen molar-refractivity contribution in [3.8, 4) is 0 Å². The molecule has 0 saturated carbocycles. The summed E-state index contributed by atoms with van der Waals surface area (Å²) in [6.45, 7) is 0.120. The topological polar surface area (TPSA) is 32.3 Å². The SMILES string of the molecule is OCc1cc(CNCc2ccc(Cl)c(C(F)(F)F)c2)ccc1F. The van der Waals surface area contributed by atoms with Crippen LogP contribution in [-0.2, 0) is 25.9 Å². The first-order valence-electron chi connectivity index (χ1n) is 6.75. The first-order valence-corrected chi connectivity index (χ1v) is 7.13. The lowest BCUT2D eigenvalue weighted by Crippen LogP contribution is -2.14. The fraction of sp³-hybridized carbons (Fsp3) is 0.250. The molecule has 2 rings (SSSR count). The lowest BCUT2D eigenvalue weighted by molar-refractivity contribution is -0.137. The molecule has 0 aliphatic heterocycles. The standard InChI is InChI=1S/C16H14ClF4NO/c17-14-3-1-11(6-13(14)16(19,20)21)8-22-7-10-2-4-15(18)12(5-10)9-23/h1-6,22-23H,7-9H2. The average Bonchev–Trinajstić information content (AvgIpc) is 2.49. The van der Waals surface area contributed by atoms with Crippen molar-refractivity contribution >= 4 is 11.6 Å². The minimum atomic E-state index is -4.50. The van der Waals surface area contributed by atoms with E-state index in [1.54, 1.807) is 6.07 Å². The van der Waals surface area contributed by atoms with E-state index in [0.717, 1.165) is 11.6 Å². The minimum absolute atomic E-state index is 0.176. The molecule has 0 radical (unpaired) electrons. The van der Waals surface area contributed by atoms with Gasteiger partial charge in [-0.05, 0) is 35.4 Å². The Morgan fingerprint density at radius 3 is 2.22 bits per heavy atom. The highest BCUT2D eigenvalue weighted by molar-refractivity contribution is 6.31. The summed E-state index contributed by atoms with van der Waals surface area (Å²) in [5, 5.41) is 11.6. The van der Waals surface area contributed by atoms with E-state index < -0.39 is 24.2 Å². The lowest BCUT2D eigenvalue weighted by atomic mass is 10.1. The third kappa shape index (κ3) is 4.67. The summed E-state index contributed by atoms with van der Waals surface area (Å²) in [4.78, 5) is 0. The van der Waals surface area contributed by atoms with Gasteiger partial charge in [0.05, 0.1) is 17.2 Å². The number of hydrogen-bond acceptors (Lipinski definition) is 2. The maximum absolute atomic E-state index is 13.3. The van der Waals surface area contributed by atoms with Gasteiger partial charge in [0.2, 0.25) is 0 Å². The third-order valence-electron chi connectivity index (χ3n) is 3.27. The number of alkyl halides is 3. The van der Waals surface area contributed by atoms with Crippen molar-refractivity contribution < 1.29 is 22.7 Å². The molecule has 124 valence electrons. The van der Waals surface area contributed by atoms with E-state index in [0.29, 0.717) is 12.1 Å². The molecule has 0 heterocycles. The molecule has 2 aromatic carbocycles. The van der Waals surface area contributed by atoms with Crippen molar-refractivity contribution in [2.75, 3.05) is 0 Å². The number of aliphatic hydroxyl groups is 1. The highest BCUT2D eigenvalue weighted by Crippen LogP contribution is 2.35. The van der Waals surface area contributed by atoms with E-state index in [4.69, 9.17) is 16.7 Å². The van der Waals surface area contributed by atoms with Crippen molar-refractivity contribution in [3.05, 3.63) is 69.5 Å². The Balaban J connectivity index is 2.02. The zero-order valence-electron chi connectivity index (χ0n) is 11.9. The van der Waals surface area contributed by atoms with Gasteiger partial charge in [0.15, 0.2) is 0 Å². The van der Waals surface area contributed by atoms with Crippen LogP contribution in [0.25, 0.3) is 0 Å². The van der Waals surface area contributed by atoms with Crippen LogP contribution in [0.5, 0.6) is 0 Å². The van der Waals surface area contributed by atoms with E-state index in [9.17, 15) is 17.6 Å². The maximum atomic E-state index is 13.3. The Bertz CT molecular complexity index is 688. The van der Waals surface area contributed by atoms with Gasteiger partial charge in [-0.1, -0.05) is 23.7 Å². The largest absolute Gasteiger partial charge is 0.417 e. The maximum Gasteiger partial charge on any atom is 0.417 e. The van der Waals surface area contributed by atoms with E-state index in [1.807, 2.05) is 0 Å². The molecule has 0 spiro atoms. The van der Waals surface area contributed by atoms with Crippen LogP contribution in [0, 0.1) is 5.82 Å². The molecule has 0 aliphatic rings. The second-order valence-electron chi connectivity index (χ2n) is 5.00. The molecular formula is C16H14ClF4NO. The van der Waals surface area contributed by atoms with Gasteiger partial charge in [0.25, 0.3) is 0 Å². The quantitative estimate of drug-likeness (QED) is 0.791. The highest BCUT2D eigenvalue weighted by atomic mass is 35.5. The molecule has 7 heteroatoms. The summed E-state index contributed by atoms with van der Waals surface area (Å²) in [5.41, 5.74) is 0.463. The van der Waals surface area contributed by atoms with E-state index >= 15 is 0 Å². The third-order valence-corrected chi connectivity index (χ3v) is 3.60. The number of halogens is 5. The summed E-state index contributed by atoms with van der Waals surface area (Å²) >= 11 is 5.56. The molecule has 0 unspecified atom stereocenters. The Morgan fingerprint density at radius 1 is 1.00 bits per heavy atom. The van der Waals surface area contributed by atoms with Crippen LogP contribution in [0.4, 0.5) is 17.6 Å². The van der Waals surface area contributed by atoms with Crippen LogP contribution in [0.2, 0.25) is 5.02 Å². The van der Waals surface area contributed by atoms with Crippen molar-refractivity contribution in [2.45, 2.75) is 25.9 Å². The Hall–Kier alpha value is -1.63.